The molecule has 0 heterocycles. The number of urea groups is 1. The molecule has 0 aliphatic rings. The first-order valence-corrected chi connectivity index (χ1v) is 5.52. The summed E-state index contributed by atoms with van der Waals surface area (Å²) >= 11 is 0. The Morgan fingerprint density at radius 3 is 2.68 bits per heavy atom. The number of nitrogens with one attached hydrogen (secondary N) is 2. The third-order valence-corrected chi connectivity index (χ3v) is 1.98. The number of carbonyl (C=O) groups excluding carboxylic acids is 2. The average molecular weight is 266 g/mol. The minimum absolute atomic E-state index is 0.0325. The highest BCUT2D eigenvalue weighted by molar-refractivity contribution is 5.89. The van der Waals surface area contributed by atoms with E-state index in [0.717, 1.165) is 0 Å². The van der Waals surface area contributed by atoms with Gasteiger partial charge in [0.05, 0.1) is 6.42 Å². The second kappa shape index (κ2) is 7.00. The molecule has 0 saturated carbocycles. The van der Waals surface area contributed by atoms with Crippen molar-refractivity contribution in [2.24, 2.45) is 0 Å². The van der Waals surface area contributed by atoms with E-state index in [-0.39, 0.29) is 13.0 Å². The van der Waals surface area contributed by atoms with Crippen molar-refractivity contribution in [2.75, 3.05) is 11.9 Å². The second-order valence-corrected chi connectivity index (χ2v) is 3.65. The van der Waals surface area contributed by atoms with Crippen molar-refractivity contribution < 1.29 is 24.2 Å². The number of aliphatic carboxylic acids is 1. The van der Waals surface area contributed by atoms with Gasteiger partial charge >= 0.3 is 18.0 Å². The summed E-state index contributed by atoms with van der Waals surface area (Å²) in [6.07, 6.45) is -0.152. The third kappa shape index (κ3) is 6.06. The summed E-state index contributed by atoms with van der Waals surface area (Å²) in [4.78, 5) is 32.4. The molecule has 0 aliphatic carbocycles. The number of ether oxygens (including phenoxy) is 1. The highest BCUT2D eigenvalue weighted by Crippen LogP contribution is 2.17. The number of amides is 2. The smallest absolute Gasteiger partial charge is 0.319 e. The molecule has 3 N–H and O–H groups in total. The van der Waals surface area contributed by atoms with Crippen molar-refractivity contribution in [2.45, 2.75) is 13.3 Å². The molecule has 0 aliphatic heterocycles. The van der Waals surface area contributed by atoms with E-state index in [2.05, 4.69) is 10.6 Å². The minimum Gasteiger partial charge on any atom is -0.481 e. The molecule has 7 heteroatoms. The molecule has 0 atom stereocenters. The zero-order chi connectivity index (χ0) is 14.3. The molecule has 0 bridgehead atoms. The molecular formula is C12H14N2O5. The van der Waals surface area contributed by atoms with E-state index in [0.29, 0.717) is 11.4 Å². The SMILES string of the molecule is CC(=O)Oc1cccc(NC(=O)NCCC(=O)O)c1. The molecular weight excluding hydrogens is 252 g/mol. The largest absolute Gasteiger partial charge is 0.481 e. The Bertz CT molecular complexity index is 487. The minimum atomic E-state index is -0.989. The van der Waals surface area contributed by atoms with Crippen molar-refractivity contribution in [1.82, 2.24) is 5.32 Å². The van der Waals surface area contributed by atoms with Crippen molar-refractivity contribution in [3.8, 4) is 5.75 Å². The summed E-state index contributed by atoms with van der Waals surface area (Å²) in [6, 6.07) is 5.77. The molecule has 0 saturated heterocycles. The third-order valence-electron chi connectivity index (χ3n) is 1.98. The Hall–Kier alpha value is -2.57. The molecule has 0 fully saturated rings. The standard InChI is InChI=1S/C12H14N2O5/c1-8(15)19-10-4-2-3-9(7-10)14-12(18)13-6-5-11(16)17/h2-4,7H,5-6H2,1H3,(H,16,17)(H2,13,14,18). The van der Waals surface area contributed by atoms with E-state index in [9.17, 15) is 14.4 Å². The first-order chi connectivity index (χ1) is 8.97. The van der Waals surface area contributed by atoms with Gasteiger partial charge in [-0.05, 0) is 12.1 Å². The predicted octanol–water partition coefficient (Wildman–Crippen LogP) is 1.21. The number of hydrogen-bond donors (Lipinski definition) is 3. The van der Waals surface area contributed by atoms with Crippen LogP contribution in [-0.2, 0) is 9.59 Å². The van der Waals surface area contributed by atoms with Gasteiger partial charge in [-0.1, -0.05) is 6.07 Å². The highest BCUT2D eigenvalue weighted by Gasteiger charge is 2.04. The Kier molecular flexibility index (Phi) is 5.34. The van der Waals surface area contributed by atoms with Gasteiger partial charge in [0.15, 0.2) is 0 Å². The number of benzene rings is 1. The molecule has 2 amide bonds. The van der Waals surface area contributed by atoms with Gasteiger partial charge in [-0.3, -0.25) is 9.59 Å². The van der Waals surface area contributed by atoms with Crippen molar-refractivity contribution >= 4 is 23.7 Å². The fourth-order valence-electron chi connectivity index (χ4n) is 1.26. The highest BCUT2D eigenvalue weighted by atomic mass is 16.5. The van der Waals surface area contributed by atoms with Gasteiger partial charge in [0.25, 0.3) is 0 Å². The van der Waals surface area contributed by atoms with E-state index in [1.165, 1.54) is 13.0 Å². The normalized spacial score (nSPS) is 9.53. The van der Waals surface area contributed by atoms with Crippen LogP contribution in [-0.4, -0.2) is 29.6 Å². The van der Waals surface area contributed by atoms with E-state index in [4.69, 9.17) is 9.84 Å². The molecule has 1 rings (SSSR count). The molecule has 0 radical (unpaired) electrons. The van der Waals surface area contributed by atoms with E-state index >= 15 is 0 Å². The number of carboxylic acid groups (broad SMARTS) is 1. The van der Waals surface area contributed by atoms with Gasteiger partial charge in [0.2, 0.25) is 0 Å². The molecule has 0 unspecified atom stereocenters. The maximum absolute atomic E-state index is 11.4. The summed E-state index contributed by atoms with van der Waals surface area (Å²) < 4.78 is 4.86. The van der Waals surface area contributed by atoms with Gasteiger partial charge in [0, 0.05) is 25.2 Å². The Morgan fingerprint density at radius 2 is 2.05 bits per heavy atom. The zero-order valence-corrected chi connectivity index (χ0v) is 10.3. The summed E-state index contributed by atoms with van der Waals surface area (Å²) in [7, 11) is 0. The summed E-state index contributed by atoms with van der Waals surface area (Å²) in [5, 5.41) is 13.3. The maximum Gasteiger partial charge on any atom is 0.319 e. The van der Waals surface area contributed by atoms with Gasteiger partial charge in [-0.2, -0.15) is 0 Å². The van der Waals surface area contributed by atoms with Crippen LogP contribution in [0.4, 0.5) is 10.5 Å². The van der Waals surface area contributed by atoms with Gasteiger partial charge in [-0.25, -0.2) is 4.79 Å². The van der Waals surface area contributed by atoms with Crippen LogP contribution in [0.2, 0.25) is 0 Å². The van der Waals surface area contributed by atoms with E-state index < -0.39 is 18.0 Å². The van der Waals surface area contributed by atoms with E-state index in [1.54, 1.807) is 18.2 Å². The topological polar surface area (TPSA) is 105 Å². The quantitative estimate of drug-likeness (QED) is 0.548. The van der Waals surface area contributed by atoms with Crippen LogP contribution in [0.25, 0.3) is 0 Å². The lowest BCUT2D eigenvalue weighted by Gasteiger charge is -2.08. The lowest BCUT2D eigenvalue weighted by molar-refractivity contribution is -0.137. The van der Waals surface area contributed by atoms with Crippen molar-refractivity contribution in [3.63, 3.8) is 0 Å². The number of carbonyl (C=O) groups is 3. The van der Waals surface area contributed by atoms with Crippen LogP contribution in [0.1, 0.15) is 13.3 Å². The van der Waals surface area contributed by atoms with Gasteiger partial charge in [0.1, 0.15) is 5.75 Å². The number of carboxylic acids is 1. The number of rotatable bonds is 5. The fraction of sp³-hybridized carbons (Fsp3) is 0.250. The number of hydrogen-bond acceptors (Lipinski definition) is 4. The van der Waals surface area contributed by atoms with Crippen LogP contribution in [0.15, 0.2) is 24.3 Å². The van der Waals surface area contributed by atoms with Crippen molar-refractivity contribution in [1.29, 1.82) is 0 Å². The summed E-state index contributed by atoms with van der Waals surface area (Å²) in [5.74, 6) is -1.13. The lowest BCUT2D eigenvalue weighted by atomic mass is 10.3. The molecule has 19 heavy (non-hydrogen) atoms. The fourth-order valence-corrected chi connectivity index (χ4v) is 1.26. The Balaban J connectivity index is 2.49. The van der Waals surface area contributed by atoms with Gasteiger partial charge < -0.3 is 20.5 Å². The second-order valence-electron chi connectivity index (χ2n) is 3.65. The molecule has 7 nitrogen and oxygen atoms in total. The number of anilines is 1. The molecule has 102 valence electrons. The van der Waals surface area contributed by atoms with Crippen LogP contribution in [0.3, 0.4) is 0 Å². The average Bonchev–Trinajstić information content (AvgIpc) is 2.27. The molecule has 1 aromatic carbocycles. The molecule has 1 aromatic rings. The Morgan fingerprint density at radius 1 is 1.32 bits per heavy atom. The summed E-state index contributed by atoms with van der Waals surface area (Å²) in [5.41, 5.74) is 0.437. The van der Waals surface area contributed by atoms with Crippen LogP contribution in [0, 0.1) is 0 Å². The van der Waals surface area contributed by atoms with Gasteiger partial charge in [-0.15, -0.1) is 0 Å². The van der Waals surface area contributed by atoms with E-state index in [1.807, 2.05) is 0 Å². The van der Waals surface area contributed by atoms with Crippen LogP contribution in [0.5, 0.6) is 5.75 Å². The molecule has 0 spiro atoms. The first kappa shape index (κ1) is 14.5. The predicted molar refractivity (Wildman–Crippen MR) is 67.0 cm³/mol. The van der Waals surface area contributed by atoms with Crippen LogP contribution < -0.4 is 15.4 Å². The molecule has 0 aromatic heterocycles. The Labute approximate surface area is 109 Å². The summed E-state index contributed by atoms with van der Waals surface area (Å²) in [6.45, 7) is 1.31. The zero-order valence-electron chi connectivity index (χ0n) is 10.3. The maximum atomic E-state index is 11.4. The monoisotopic (exact) mass is 266 g/mol. The van der Waals surface area contributed by atoms with Crippen LogP contribution >= 0.6 is 0 Å². The number of esters is 1. The van der Waals surface area contributed by atoms with Crippen molar-refractivity contribution in [3.05, 3.63) is 24.3 Å². The first-order valence-electron chi connectivity index (χ1n) is 5.52. The lowest BCUT2D eigenvalue weighted by Crippen LogP contribution is -2.30.